The third kappa shape index (κ3) is 101. The molecule has 2 rings (SSSR count). The first-order chi connectivity index (χ1) is 20.4. The summed E-state index contributed by atoms with van der Waals surface area (Å²) in [4.78, 5) is 0. The van der Waals surface area contributed by atoms with E-state index in [4.69, 9.17) is 142 Å². The second-order valence-electron chi connectivity index (χ2n) is 4.49. The molecular formula is C28H18N12Ni3Sn2. The van der Waals surface area contributed by atoms with Gasteiger partial charge in [-0.05, 0) is 0 Å². The van der Waals surface area contributed by atoms with Crippen LogP contribution in [0.15, 0.2) is 36.4 Å². The van der Waals surface area contributed by atoms with Gasteiger partial charge in [-0.2, -0.15) is 0 Å². The van der Waals surface area contributed by atoms with Gasteiger partial charge in [0.15, 0.2) is 0 Å². The summed E-state index contributed by atoms with van der Waals surface area (Å²) in [6, 6.07) is 12.9. The van der Waals surface area contributed by atoms with E-state index >= 15 is 0 Å². The van der Waals surface area contributed by atoms with Gasteiger partial charge < -0.3 is 142 Å². The summed E-state index contributed by atoms with van der Waals surface area (Å²) in [5, 5.41) is 75.0. The van der Waals surface area contributed by atoms with Gasteiger partial charge >= 0.3 is 188 Å². The van der Waals surface area contributed by atoms with Crippen molar-refractivity contribution in [2.75, 3.05) is 0 Å². The van der Waals surface area contributed by atoms with Crippen LogP contribution in [0.1, 0.15) is 22.3 Å². The molecule has 17 heteroatoms. The van der Waals surface area contributed by atoms with Crippen LogP contribution in [0.3, 0.4) is 0 Å². The minimum atomic E-state index is 0. The average Bonchev–Trinajstić information content (AvgIpc) is 3.13. The molecule has 0 fully saturated rings. The molecule has 12 nitrogen and oxygen atoms in total. The Kier molecular flexibility index (Phi) is 333. The van der Waals surface area contributed by atoms with Crippen LogP contribution in [-0.4, -0.2) is 45.0 Å². The van der Waals surface area contributed by atoms with Gasteiger partial charge in [0.2, 0.25) is 0 Å². The molecule has 0 N–H and O–H groups in total. The Morgan fingerprint density at radius 2 is 0.467 bits per heavy atom. The Morgan fingerprint density at radius 3 is 0.556 bits per heavy atom. The second kappa shape index (κ2) is 154. The zero-order valence-electron chi connectivity index (χ0n) is 23.8. The first-order valence-electron chi connectivity index (χ1n) is 8.67. The van der Waals surface area contributed by atoms with E-state index in [2.05, 4.69) is 64.1 Å². The minimum Gasteiger partial charge on any atom is -0.512 e. The van der Waals surface area contributed by atoms with Gasteiger partial charge in [-0.1, -0.05) is 0 Å². The van der Waals surface area contributed by atoms with Crippen LogP contribution < -0.4 is 7.16 Å². The fourth-order valence-corrected chi connectivity index (χ4v) is 3.18. The largest absolute Gasteiger partial charge is 2.00 e. The van der Waals surface area contributed by atoms with Crippen molar-refractivity contribution < 1.29 is 49.5 Å². The number of nitrogens with zero attached hydrogens (tertiary/aromatic N) is 12. The van der Waals surface area contributed by atoms with E-state index in [-0.39, 0.29) is 49.5 Å². The average molecular weight is 936 g/mol. The van der Waals surface area contributed by atoms with Crippen molar-refractivity contribution in [1.82, 2.24) is 0 Å². The molecule has 0 heterocycles. The maximum absolute atomic E-state index is 6.25. The van der Waals surface area contributed by atoms with E-state index < -0.39 is 0 Å². The molecule has 45 heavy (non-hydrogen) atoms. The Balaban J connectivity index is -0.0000000180. The van der Waals surface area contributed by atoms with E-state index in [1.807, 2.05) is 0 Å². The summed E-state index contributed by atoms with van der Waals surface area (Å²) in [5.41, 5.74) is 5.72. The van der Waals surface area contributed by atoms with Gasteiger partial charge in [0.05, 0.1) is 0 Å². The second-order valence-corrected chi connectivity index (χ2v) is 7.57. The van der Waals surface area contributed by atoms with Crippen molar-refractivity contribution in [2.45, 2.75) is 27.7 Å². The predicted molar refractivity (Wildman–Crippen MR) is 142 cm³/mol. The normalized spacial score (nSPS) is 4.44. The molecule has 0 amide bonds. The molecule has 0 spiro atoms. The number of aryl methyl sites for hydroxylation is 2. The molecule has 0 aromatic heterocycles. The zero-order chi connectivity index (χ0) is 37.7. The predicted octanol–water partition coefficient (Wildman–Crippen LogP) is 3.34. The topological polar surface area (TPSA) is 285 Å². The molecule has 2 aromatic carbocycles. The van der Waals surface area contributed by atoms with Crippen molar-refractivity contribution >= 4 is 52.2 Å². The minimum absolute atomic E-state index is 0. The van der Waals surface area contributed by atoms with Crippen molar-refractivity contribution in [3.8, 4) is 0 Å². The quantitative estimate of drug-likeness (QED) is 0.272. The van der Waals surface area contributed by atoms with Crippen LogP contribution >= 0.6 is 0 Å². The molecule has 2 aromatic rings. The summed E-state index contributed by atoms with van der Waals surface area (Å²) in [6.07, 6.45) is 0. The molecular weight excluding hydrogens is 918 g/mol. The molecule has 0 aliphatic heterocycles. The van der Waals surface area contributed by atoms with Gasteiger partial charge in [0.25, 0.3) is 0 Å². The SMILES string of the molecule is Cc1ccc[c]([Sn+3])c1C.Cc1ccc[c]([Sn+3])c1C.[C-]#N.[C-]#N.[C-]#N.[C-]#N.[C-]#N.[C-]#N.[C-]#N.[C-]#N.[C-]#N.[C-]#N.[C-]#N.[C-]#N.[Ni+2].[Ni+2].[Ni+2]. The van der Waals surface area contributed by atoms with Gasteiger partial charge in [-0.25, -0.2) is 0 Å². The summed E-state index contributed by atoms with van der Waals surface area (Å²) in [6.45, 7) is 65.7. The standard InChI is InChI=1S/2C8H9.12CN.3Ni.2Sn/c2*1-7-5-3-4-6-8(7)2;12*1-2;;;;;/h2*3-5H,1-2H3;;;;;;;;;;;;;;;;;/q;;12*-1;3*+2;2*+3. The van der Waals surface area contributed by atoms with Crippen molar-refractivity contribution in [1.29, 1.82) is 63.1 Å². The smallest absolute Gasteiger partial charge is 0.512 e. The monoisotopic (exact) mass is 936 g/mol. The van der Waals surface area contributed by atoms with E-state index in [0.717, 1.165) is 0 Å². The molecule has 0 unspecified atom stereocenters. The summed E-state index contributed by atoms with van der Waals surface area (Å²) in [5.74, 6) is 0. The van der Waals surface area contributed by atoms with Crippen LogP contribution in [-0.2, 0) is 49.5 Å². The molecule has 0 radical (unpaired) electrons. The Hall–Kier alpha value is -4.60. The van der Waals surface area contributed by atoms with E-state index in [1.165, 1.54) is 74.5 Å². The first kappa shape index (κ1) is 97.2. The molecule has 0 aliphatic rings. The molecule has 0 saturated heterocycles. The number of hydrogen-bond acceptors (Lipinski definition) is 12. The Labute approximate surface area is 327 Å². The van der Waals surface area contributed by atoms with Crippen molar-refractivity contribution in [3.63, 3.8) is 0 Å². The molecule has 0 bridgehead atoms. The maximum Gasteiger partial charge on any atom is 2.00 e. The van der Waals surface area contributed by atoms with Gasteiger partial charge in [-0.15, -0.1) is 0 Å². The molecule has 0 atom stereocenters. The fraction of sp³-hybridized carbons (Fsp3) is 0.143. The van der Waals surface area contributed by atoms with Gasteiger partial charge in [0, 0.05) is 0 Å². The van der Waals surface area contributed by atoms with Gasteiger partial charge in [0.1, 0.15) is 0 Å². The van der Waals surface area contributed by atoms with Crippen molar-refractivity contribution in [3.05, 3.63) is 138 Å². The summed E-state index contributed by atoms with van der Waals surface area (Å²) < 4.78 is 2.95. The zero-order valence-corrected chi connectivity index (χ0v) is 32.5. The molecule has 0 saturated carbocycles. The van der Waals surface area contributed by atoms with Crippen LogP contribution in [0.4, 0.5) is 0 Å². The van der Waals surface area contributed by atoms with Crippen molar-refractivity contribution in [2.24, 2.45) is 0 Å². The summed E-state index contributed by atoms with van der Waals surface area (Å²) >= 11 is 3.03. The number of hydrogen-bond donors (Lipinski definition) is 0. The maximum atomic E-state index is 6.25. The van der Waals surface area contributed by atoms with Crippen LogP contribution in [0.5, 0.6) is 0 Å². The molecule has 228 valence electrons. The van der Waals surface area contributed by atoms with E-state index in [0.29, 0.717) is 0 Å². The third-order valence-corrected chi connectivity index (χ3v) is 6.30. The fourth-order valence-electron chi connectivity index (χ4n) is 1.50. The van der Waals surface area contributed by atoms with Gasteiger partial charge in [-0.3, -0.25) is 0 Å². The Morgan fingerprint density at radius 1 is 0.333 bits per heavy atom. The third-order valence-electron chi connectivity index (χ3n) is 3.21. The van der Waals surface area contributed by atoms with Crippen LogP contribution in [0, 0.1) is 170 Å². The van der Waals surface area contributed by atoms with E-state index in [9.17, 15) is 0 Å². The van der Waals surface area contributed by atoms with Crippen LogP contribution in [0.2, 0.25) is 0 Å². The molecule has 0 aliphatic carbocycles. The first-order valence-corrected chi connectivity index (χ1v) is 11.5. The van der Waals surface area contributed by atoms with E-state index in [1.54, 1.807) is 0 Å². The van der Waals surface area contributed by atoms with Crippen LogP contribution in [0.25, 0.3) is 0 Å². The Bertz CT molecular complexity index is 848. The summed E-state index contributed by atoms with van der Waals surface area (Å²) in [7, 11) is 0. The number of rotatable bonds is 0. The number of benzene rings is 2.